The molecule has 212 valence electrons. The number of hydrogen-bond donors (Lipinski definition) is 1. The predicted molar refractivity (Wildman–Crippen MR) is 133 cm³/mol. The van der Waals surface area contributed by atoms with Crippen LogP contribution in [0, 0.1) is 28.6 Å². The molecule has 1 N–H and O–H groups in total. The molecule has 38 heavy (non-hydrogen) atoms. The smallest absolute Gasteiger partial charge is 0.306 e. The largest absolute Gasteiger partial charge is 0.450 e. The third kappa shape index (κ3) is 3.78. The van der Waals surface area contributed by atoms with E-state index in [1.165, 1.54) is 19.9 Å². The van der Waals surface area contributed by atoms with E-state index in [1.807, 2.05) is 0 Å². The highest BCUT2D eigenvalue weighted by Gasteiger charge is 2.79. The molecule has 0 radical (unpaired) electrons. The number of ether oxygens (including phenoxy) is 1. The van der Waals surface area contributed by atoms with Gasteiger partial charge >= 0.3 is 5.97 Å². The van der Waals surface area contributed by atoms with Gasteiger partial charge in [-0.25, -0.2) is 8.78 Å². The Kier molecular flexibility index (Phi) is 7.07. The Morgan fingerprint density at radius 2 is 1.92 bits per heavy atom. The molecule has 4 rings (SSSR count). The van der Waals surface area contributed by atoms with E-state index in [4.69, 9.17) is 20.5 Å². The van der Waals surface area contributed by atoms with E-state index in [-0.39, 0.29) is 24.8 Å². The molecule has 0 amide bonds. The molecule has 0 aliphatic heterocycles. The van der Waals surface area contributed by atoms with Gasteiger partial charge in [0.1, 0.15) is 12.8 Å². The predicted octanol–water partition coefficient (Wildman–Crippen LogP) is 3.01. The van der Waals surface area contributed by atoms with Crippen molar-refractivity contribution in [3.63, 3.8) is 0 Å². The summed E-state index contributed by atoms with van der Waals surface area (Å²) in [5.41, 5.74) is -7.82. The molecular formula is C26H33ClF2O8S. The first-order valence-electron chi connectivity index (χ1n) is 12.6. The van der Waals surface area contributed by atoms with Crippen molar-refractivity contribution in [1.82, 2.24) is 0 Å². The molecule has 10 atom stereocenters. The van der Waals surface area contributed by atoms with Gasteiger partial charge in [-0.2, -0.15) is 8.42 Å². The molecule has 8 nitrogen and oxygen atoms in total. The summed E-state index contributed by atoms with van der Waals surface area (Å²) in [4.78, 5) is 38.5. The summed E-state index contributed by atoms with van der Waals surface area (Å²) in [6, 6.07) is 0. The molecule has 0 saturated heterocycles. The number of alkyl halides is 3. The first-order chi connectivity index (χ1) is 17.4. The lowest BCUT2D eigenvalue weighted by Gasteiger charge is -2.64. The lowest BCUT2D eigenvalue weighted by atomic mass is 9.44. The molecule has 0 bridgehead atoms. The first-order valence-corrected chi connectivity index (χ1v) is 14.9. The monoisotopic (exact) mass is 578 g/mol. The van der Waals surface area contributed by atoms with Crippen LogP contribution in [-0.2, 0) is 33.4 Å². The van der Waals surface area contributed by atoms with Crippen molar-refractivity contribution in [2.24, 2.45) is 28.6 Å². The lowest BCUT2D eigenvalue weighted by Crippen LogP contribution is -2.73. The number of hydrogen-bond acceptors (Lipinski definition) is 8. The van der Waals surface area contributed by atoms with Crippen molar-refractivity contribution >= 4 is 39.3 Å². The van der Waals surface area contributed by atoms with E-state index >= 15 is 8.78 Å². The summed E-state index contributed by atoms with van der Waals surface area (Å²) >= 11 is 6.63. The first kappa shape index (κ1) is 29.3. The highest BCUT2D eigenvalue weighted by Crippen LogP contribution is 2.72. The zero-order valence-corrected chi connectivity index (χ0v) is 23.4. The highest BCUT2D eigenvalue weighted by atomic mass is 35.5. The minimum Gasteiger partial charge on any atom is -0.450 e. The number of carbonyl (C=O) groups is 3. The second-order valence-electron chi connectivity index (χ2n) is 11.5. The molecular weight excluding hydrogens is 546 g/mol. The maximum atomic E-state index is 17.5. The number of carbonyl (C=O) groups excluding carboxylic acids is 3. The van der Waals surface area contributed by atoms with Crippen LogP contribution < -0.4 is 0 Å². The van der Waals surface area contributed by atoms with Gasteiger partial charge in [0.15, 0.2) is 17.1 Å². The molecule has 0 heterocycles. The number of Topliss-reactive ketones (excluding diaryl/α,β-unsaturated/α-hetero) is 1. The molecule has 4 aliphatic rings. The number of halogens is 3. The van der Waals surface area contributed by atoms with Crippen LogP contribution in [0.15, 0.2) is 23.8 Å². The van der Waals surface area contributed by atoms with Gasteiger partial charge in [-0.15, -0.1) is 11.6 Å². The number of aliphatic hydroxyl groups excluding tert-OH is 1. The Bertz CT molecular complexity index is 1240. The fourth-order valence-corrected chi connectivity index (χ4v) is 8.67. The van der Waals surface area contributed by atoms with Gasteiger partial charge < -0.3 is 9.84 Å². The van der Waals surface area contributed by atoms with Crippen LogP contribution in [-0.4, -0.2) is 72.8 Å². The van der Waals surface area contributed by atoms with Crippen molar-refractivity contribution in [1.29, 1.82) is 0 Å². The van der Waals surface area contributed by atoms with Gasteiger partial charge in [0.2, 0.25) is 5.78 Å². The summed E-state index contributed by atoms with van der Waals surface area (Å²) in [5.74, 6) is -5.09. The lowest BCUT2D eigenvalue weighted by molar-refractivity contribution is -0.230. The van der Waals surface area contributed by atoms with Crippen molar-refractivity contribution < 1.29 is 45.6 Å². The molecule has 12 heteroatoms. The van der Waals surface area contributed by atoms with Crippen molar-refractivity contribution in [2.45, 2.75) is 75.9 Å². The fourth-order valence-electron chi connectivity index (χ4n) is 7.85. The normalized spacial score (nSPS) is 46.0. The molecule has 0 unspecified atom stereocenters. The fraction of sp³-hybridized carbons (Fsp3) is 0.731. The van der Waals surface area contributed by atoms with E-state index in [2.05, 4.69) is 0 Å². The SMILES string of the molecule is CCC(=O)O[C@@]1(C(=O)COS(C)(=O)=O)[C@@H](C)C[C@H]2[C@@H]3[C@H](Cl)[C@@H](F)C4=CC(=O)C=C[C@]4(C)[C@@]3(F)[C@@H](O)C[C@@]21C. The zero-order chi connectivity index (χ0) is 28.6. The Morgan fingerprint density at radius 3 is 2.50 bits per heavy atom. The Hall–Kier alpha value is -1.69. The van der Waals surface area contributed by atoms with E-state index in [1.54, 1.807) is 13.8 Å². The van der Waals surface area contributed by atoms with Crippen LogP contribution in [0.2, 0.25) is 0 Å². The van der Waals surface area contributed by atoms with E-state index < -0.39 is 91.8 Å². The minimum atomic E-state index is -4.04. The van der Waals surface area contributed by atoms with Crippen LogP contribution in [0.1, 0.15) is 47.0 Å². The van der Waals surface area contributed by atoms with Gasteiger partial charge in [-0.1, -0.05) is 26.8 Å². The number of aliphatic hydroxyl groups is 1. The van der Waals surface area contributed by atoms with Gasteiger partial charge in [0.05, 0.1) is 17.7 Å². The Balaban J connectivity index is 1.89. The van der Waals surface area contributed by atoms with Crippen molar-refractivity contribution in [2.75, 3.05) is 12.9 Å². The van der Waals surface area contributed by atoms with Crippen LogP contribution in [0.25, 0.3) is 0 Å². The highest BCUT2D eigenvalue weighted by molar-refractivity contribution is 7.86. The van der Waals surface area contributed by atoms with Crippen LogP contribution in [0.4, 0.5) is 8.78 Å². The Morgan fingerprint density at radius 1 is 1.29 bits per heavy atom. The van der Waals surface area contributed by atoms with Crippen LogP contribution in [0.3, 0.4) is 0 Å². The number of ketones is 2. The van der Waals surface area contributed by atoms with Crippen LogP contribution >= 0.6 is 11.6 Å². The molecule has 4 aliphatic carbocycles. The van der Waals surface area contributed by atoms with Crippen molar-refractivity contribution in [3.8, 4) is 0 Å². The maximum Gasteiger partial charge on any atom is 0.306 e. The molecule has 0 aromatic carbocycles. The van der Waals surface area contributed by atoms with E-state index in [0.29, 0.717) is 0 Å². The standard InChI is InChI=1S/C26H33ClF2O8S/c1-6-19(33)37-26(18(32)12-36-38(5,34)35)13(2)9-15-20-21(27)22(28)16-10-14(30)7-8-23(16,3)25(20,29)17(31)11-24(15,26)4/h7-8,10,13,15,17,20-22,31H,6,9,11-12H2,1-5H3/t13-,15-,17-,20+,21-,22-,23-,24-,25+,26+/m0/s1. The van der Waals surface area contributed by atoms with Crippen molar-refractivity contribution in [3.05, 3.63) is 23.8 Å². The second kappa shape index (κ2) is 9.17. The number of rotatable bonds is 6. The molecule has 3 saturated carbocycles. The van der Waals surface area contributed by atoms with Gasteiger partial charge in [0.25, 0.3) is 10.1 Å². The third-order valence-electron chi connectivity index (χ3n) is 9.57. The zero-order valence-electron chi connectivity index (χ0n) is 21.9. The number of allylic oxidation sites excluding steroid dienone is 4. The maximum absolute atomic E-state index is 17.5. The third-order valence-corrected chi connectivity index (χ3v) is 10.6. The minimum absolute atomic E-state index is 0.0783. The molecule has 3 fully saturated rings. The quantitative estimate of drug-likeness (QED) is 0.290. The molecule has 0 aromatic rings. The van der Waals surface area contributed by atoms with E-state index in [0.717, 1.165) is 18.4 Å². The summed E-state index contributed by atoms with van der Waals surface area (Å²) in [6.07, 6.45) is 0.0719. The second-order valence-corrected chi connectivity index (χ2v) is 13.7. The van der Waals surface area contributed by atoms with Gasteiger partial charge in [0, 0.05) is 29.1 Å². The molecule has 0 spiro atoms. The van der Waals surface area contributed by atoms with Gasteiger partial charge in [-0.05, 0) is 43.4 Å². The summed E-state index contributed by atoms with van der Waals surface area (Å²) in [5, 5.41) is 10.0. The average molecular weight is 579 g/mol. The number of fused-ring (bicyclic) bond motifs is 5. The number of esters is 1. The average Bonchev–Trinajstić information content (AvgIpc) is 3.04. The van der Waals surface area contributed by atoms with Gasteiger partial charge in [-0.3, -0.25) is 18.6 Å². The van der Waals surface area contributed by atoms with Crippen LogP contribution in [0.5, 0.6) is 0 Å². The Labute approximate surface area is 225 Å². The summed E-state index contributed by atoms with van der Waals surface area (Å²) < 4.78 is 67.3. The molecule has 0 aromatic heterocycles. The summed E-state index contributed by atoms with van der Waals surface area (Å²) in [6.45, 7) is 5.18. The van der Waals surface area contributed by atoms with E-state index in [9.17, 15) is 27.9 Å². The summed E-state index contributed by atoms with van der Waals surface area (Å²) in [7, 11) is -4.04. The topological polar surface area (TPSA) is 124 Å².